The third kappa shape index (κ3) is 3.76. The highest BCUT2D eigenvalue weighted by Gasteiger charge is 2.29. The zero-order valence-corrected chi connectivity index (χ0v) is 17.7. The monoisotopic (exact) mass is 399 g/mol. The molecule has 0 bridgehead atoms. The number of carboxylic acids is 1. The molecule has 3 aromatic rings. The molecule has 3 rings (SSSR count). The maximum atomic E-state index is 12.1. The first-order valence-electron chi connectivity index (χ1n) is 9.53. The molecular weight excluding hydrogens is 374 g/mol. The van der Waals surface area contributed by atoms with Gasteiger partial charge in [-0.2, -0.15) is 5.10 Å². The number of halogens is 1. The van der Waals surface area contributed by atoms with Crippen molar-refractivity contribution in [3.8, 4) is 11.3 Å². The fourth-order valence-electron chi connectivity index (χ4n) is 3.48. The summed E-state index contributed by atoms with van der Waals surface area (Å²) < 4.78 is 1.79. The molecule has 1 N–H and O–H groups in total. The summed E-state index contributed by atoms with van der Waals surface area (Å²) in [4.78, 5) is 16.8. The number of nitrogens with zero attached hydrogens (tertiary/aromatic N) is 3. The molecule has 0 spiro atoms. The fourth-order valence-corrected chi connectivity index (χ4v) is 3.61. The van der Waals surface area contributed by atoms with Crippen molar-refractivity contribution in [1.82, 2.24) is 14.6 Å². The lowest BCUT2D eigenvalue weighted by Crippen LogP contribution is -2.17. The van der Waals surface area contributed by atoms with Crippen LogP contribution in [-0.2, 0) is 10.2 Å². The van der Waals surface area contributed by atoms with Gasteiger partial charge >= 0.3 is 5.97 Å². The molecule has 2 heterocycles. The normalized spacial score (nSPS) is 13.1. The van der Waals surface area contributed by atoms with Gasteiger partial charge < -0.3 is 5.11 Å². The lowest BCUT2D eigenvalue weighted by molar-refractivity contribution is -0.139. The Morgan fingerprint density at radius 1 is 1.25 bits per heavy atom. The standard InChI is InChI=1S/C22H26ClN3O2/c1-6-7-16(21(27)28)19-13(2)24-18-12-17(22(3,4)5)25-26(18)20(19)14-8-10-15(23)11-9-14/h8-12,16H,6-7H2,1-5H3,(H,27,28). The summed E-state index contributed by atoms with van der Waals surface area (Å²) in [7, 11) is 0. The van der Waals surface area contributed by atoms with Gasteiger partial charge in [-0.15, -0.1) is 0 Å². The van der Waals surface area contributed by atoms with Crippen molar-refractivity contribution in [2.45, 2.75) is 58.8 Å². The number of benzene rings is 1. The van der Waals surface area contributed by atoms with E-state index in [4.69, 9.17) is 21.7 Å². The molecule has 1 unspecified atom stereocenters. The van der Waals surface area contributed by atoms with Crippen LogP contribution in [0.4, 0.5) is 0 Å². The lowest BCUT2D eigenvalue weighted by atomic mass is 9.89. The van der Waals surface area contributed by atoms with E-state index in [9.17, 15) is 9.90 Å². The van der Waals surface area contributed by atoms with E-state index in [0.29, 0.717) is 17.0 Å². The Balaban J connectivity index is 2.40. The van der Waals surface area contributed by atoms with E-state index in [1.54, 1.807) is 4.52 Å². The number of carbonyl (C=O) groups is 1. The molecule has 0 amide bonds. The Labute approximate surface area is 170 Å². The van der Waals surface area contributed by atoms with Gasteiger partial charge in [0, 0.05) is 33.3 Å². The molecule has 0 aliphatic rings. The van der Waals surface area contributed by atoms with E-state index >= 15 is 0 Å². The quantitative estimate of drug-likeness (QED) is 0.604. The van der Waals surface area contributed by atoms with Crippen LogP contribution in [0, 0.1) is 6.92 Å². The number of fused-ring (bicyclic) bond motifs is 1. The molecule has 1 atom stereocenters. The molecule has 5 nitrogen and oxygen atoms in total. The molecule has 28 heavy (non-hydrogen) atoms. The molecule has 0 fully saturated rings. The summed E-state index contributed by atoms with van der Waals surface area (Å²) in [5.41, 5.74) is 4.57. The molecule has 0 saturated carbocycles. The van der Waals surface area contributed by atoms with Gasteiger partial charge in [-0.3, -0.25) is 4.79 Å². The average molecular weight is 400 g/mol. The number of hydrogen-bond acceptors (Lipinski definition) is 3. The molecule has 0 aliphatic heterocycles. The molecule has 1 aromatic carbocycles. The molecule has 148 valence electrons. The Hall–Kier alpha value is -2.40. The van der Waals surface area contributed by atoms with Crippen LogP contribution in [0.5, 0.6) is 0 Å². The number of aryl methyl sites for hydroxylation is 1. The predicted molar refractivity (Wildman–Crippen MR) is 112 cm³/mol. The molecule has 0 saturated heterocycles. The zero-order chi connectivity index (χ0) is 20.6. The maximum Gasteiger partial charge on any atom is 0.311 e. The highest BCUT2D eigenvalue weighted by atomic mass is 35.5. The summed E-state index contributed by atoms with van der Waals surface area (Å²) in [6, 6.07) is 9.41. The van der Waals surface area contributed by atoms with Crippen LogP contribution < -0.4 is 0 Å². The minimum absolute atomic E-state index is 0.144. The van der Waals surface area contributed by atoms with E-state index in [0.717, 1.165) is 34.7 Å². The summed E-state index contributed by atoms with van der Waals surface area (Å²) in [5, 5.41) is 15.4. The van der Waals surface area contributed by atoms with Crippen LogP contribution in [0.2, 0.25) is 5.02 Å². The van der Waals surface area contributed by atoms with E-state index in [1.165, 1.54) is 0 Å². The van der Waals surface area contributed by atoms with E-state index in [-0.39, 0.29) is 5.41 Å². The van der Waals surface area contributed by atoms with Crippen molar-refractivity contribution >= 4 is 23.2 Å². The minimum Gasteiger partial charge on any atom is -0.481 e. The largest absolute Gasteiger partial charge is 0.481 e. The maximum absolute atomic E-state index is 12.1. The van der Waals surface area contributed by atoms with Gasteiger partial charge in [-0.05, 0) is 25.5 Å². The van der Waals surface area contributed by atoms with Gasteiger partial charge in [0.25, 0.3) is 0 Å². The topological polar surface area (TPSA) is 67.5 Å². The van der Waals surface area contributed by atoms with E-state index < -0.39 is 11.9 Å². The lowest BCUT2D eigenvalue weighted by Gasteiger charge is -2.20. The number of rotatable bonds is 5. The summed E-state index contributed by atoms with van der Waals surface area (Å²) in [6.07, 6.45) is 1.30. The molecule has 6 heteroatoms. The van der Waals surface area contributed by atoms with Crippen molar-refractivity contribution in [1.29, 1.82) is 0 Å². The minimum atomic E-state index is -0.843. The second-order valence-corrected chi connectivity index (χ2v) is 8.63. The second-order valence-electron chi connectivity index (χ2n) is 8.20. The Morgan fingerprint density at radius 2 is 1.89 bits per heavy atom. The summed E-state index contributed by atoms with van der Waals surface area (Å²) >= 11 is 6.09. The first-order valence-corrected chi connectivity index (χ1v) is 9.90. The predicted octanol–water partition coefficient (Wildman–Crippen LogP) is 5.62. The van der Waals surface area contributed by atoms with Crippen LogP contribution in [0.1, 0.15) is 63.4 Å². The van der Waals surface area contributed by atoms with E-state index in [2.05, 4.69) is 20.8 Å². The Morgan fingerprint density at radius 3 is 2.43 bits per heavy atom. The smallest absolute Gasteiger partial charge is 0.311 e. The van der Waals surface area contributed by atoms with Crippen LogP contribution in [-0.4, -0.2) is 25.7 Å². The summed E-state index contributed by atoms with van der Waals surface area (Å²) in [5.74, 6) is -1.49. The number of hydrogen-bond donors (Lipinski definition) is 1. The SMILES string of the molecule is CCCC(C(=O)O)c1c(C)nc2cc(C(C)(C)C)nn2c1-c1ccc(Cl)cc1. The van der Waals surface area contributed by atoms with Gasteiger partial charge in [0.15, 0.2) is 5.65 Å². The molecule has 2 aromatic heterocycles. The van der Waals surface area contributed by atoms with Gasteiger partial charge in [-0.25, -0.2) is 9.50 Å². The van der Waals surface area contributed by atoms with Crippen LogP contribution >= 0.6 is 11.6 Å². The first kappa shape index (κ1) is 20.3. The van der Waals surface area contributed by atoms with Crippen molar-refractivity contribution in [3.05, 3.63) is 52.3 Å². The van der Waals surface area contributed by atoms with Gasteiger partial charge in [0.05, 0.1) is 17.3 Å². The molecule has 0 aliphatic carbocycles. The van der Waals surface area contributed by atoms with Gasteiger partial charge in [0.2, 0.25) is 0 Å². The van der Waals surface area contributed by atoms with Crippen LogP contribution in [0.3, 0.4) is 0 Å². The third-order valence-electron chi connectivity index (χ3n) is 4.94. The fraction of sp³-hybridized carbons (Fsp3) is 0.409. The average Bonchev–Trinajstić information content (AvgIpc) is 3.03. The highest BCUT2D eigenvalue weighted by Crippen LogP contribution is 2.36. The van der Waals surface area contributed by atoms with Crippen molar-refractivity contribution in [2.75, 3.05) is 0 Å². The first-order chi connectivity index (χ1) is 13.1. The van der Waals surface area contributed by atoms with Crippen molar-refractivity contribution < 1.29 is 9.90 Å². The molecular formula is C22H26ClN3O2. The van der Waals surface area contributed by atoms with Gasteiger partial charge in [-0.1, -0.05) is 57.8 Å². The number of carboxylic acid groups (broad SMARTS) is 1. The van der Waals surface area contributed by atoms with Crippen molar-refractivity contribution in [2.24, 2.45) is 0 Å². The second kappa shape index (κ2) is 7.55. The molecule has 0 radical (unpaired) electrons. The van der Waals surface area contributed by atoms with E-state index in [1.807, 2.05) is 44.2 Å². The van der Waals surface area contributed by atoms with Crippen molar-refractivity contribution in [3.63, 3.8) is 0 Å². The summed E-state index contributed by atoms with van der Waals surface area (Å²) in [6.45, 7) is 10.2. The number of aromatic nitrogens is 3. The number of aliphatic carboxylic acids is 1. The highest BCUT2D eigenvalue weighted by molar-refractivity contribution is 6.30. The Bertz CT molecular complexity index is 1020. The zero-order valence-electron chi connectivity index (χ0n) is 17.0. The van der Waals surface area contributed by atoms with Gasteiger partial charge in [0.1, 0.15) is 0 Å². The Kier molecular flexibility index (Phi) is 5.48. The van der Waals surface area contributed by atoms with Crippen LogP contribution in [0.15, 0.2) is 30.3 Å². The third-order valence-corrected chi connectivity index (χ3v) is 5.19. The van der Waals surface area contributed by atoms with Crippen LogP contribution in [0.25, 0.3) is 16.9 Å².